The van der Waals surface area contributed by atoms with Crippen LogP contribution in [0.4, 0.5) is 34.1 Å². The lowest BCUT2D eigenvalue weighted by atomic mass is 9.35. The van der Waals surface area contributed by atoms with Gasteiger partial charge in [0.2, 0.25) is 0 Å². The summed E-state index contributed by atoms with van der Waals surface area (Å²) in [6.45, 7) is -0.632. The molecule has 0 atom stereocenters. The van der Waals surface area contributed by atoms with Crippen LogP contribution in [0.5, 0.6) is 0 Å². The van der Waals surface area contributed by atoms with Crippen LogP contribution in [0.2, 0.25) is 0 Å². The Balaban J connectivity index is 1.09. The number of para-hydroxylation sites is 2. The number of fused-ring (bicyclic) bond motifs is 18. The highest BCUT2D eigenvalue weighted by atomic mass is 16.3. The molecule has 3 nitrogen and oxygen atoms in total. The van der Waals surface area contributed by atoms with Gasteiger partial charge in [-0.25, -0.2) is 0 Å². The number of rotatable bonds is 2. The van der Waals surface area contributed by atoms with Crippen molar-refractivity contribution in [2.45, 2.75) is 0 Å². The maximum absolute atomic E-state index is 9.71. The monoisotopic (exact) mass is 764 g/mol. The zero-order chi connectivity index (χ0) is 42.5. The second kappa shape index (κ2) is 11.9. The zero-order valence-corrected chi connectivity index (χ0v) is 32.1. The second-order valence-corrected chi connectivity index (χ2v) is 16.0. The van der Waals surface area contributed by atoms with Crippen molar-refractivity contribution in [2.24, 2.45) is 0 Å². The molecule has 0 radical (unpaired) electrons. The highest BCUT2D eigenvalue weighted by molar-refractivity contribution is 7.00. The summed E-state index contributed by atoms with van der Waals surface area (Å²) in [4.78, 5) is 4.38. The van der Waals surface area contributed by atoms with Crippen LogP contribution in [0, 0.1) is 0 Å². The Labute approximate surface area is 351 Å². The topological polar surface area (TPSA) is 19.6 Å². The summed E-state index contributed by atoms with van der Waals surface area (Å²) < 4.78 is 44.5. The summed E-state index contributed by atoms with van der Waals surface area (Å²) in [5.74, 6) is 0. The molecule has 0 saturated carbocycles. The van der Waals surface area contributed by atoms with E-state index in [0.717, 1.165) is 71.6 Å². The molecule has 14 rings (SSSR count). The van der Waals surface area contributed by atoms with E-state index in [-0.39, 0.29) is 24.2 Å². The minimum Gasteiger partial charge on any atom is -0.468 e. The fraction of sp³-hybridized carbons (Fsp3) is 0. The molecule has 1 aromatic heterocycles. The molecule has 4 heteroatoms. The SMILES string of the molecule is [2H]c1c([2H])c([2H])c2c(c1[2H])B1c3oc4ccccc4c3N(c3ccc4c5ccccc5c5ccccc5c4c3)c3cccc(c31)N2c1ccc2c3ccccc3c3ccccc3c2c1. The van der Waals surface area contributed by atoms with Gasteiger partial charge in [-0.15, -0.1) is 0 Å². The van der Waals surface area contributed by atoms with E-state index in [0.29, 0.717) is 22.4 Å². The maximum Gasteiger partial charge on any atom is 0.297 e. The second-order valence-electron chi connectivity index (χ2n) is 16.0. The number of nitrogens with zero attached hydrogens (tertiary/aromatic N) is 2. The van der Waals surface area contributed by atoms with Crippen molar-refractivity contribution in [3.05, 3.63) is 200 Å². The molecular formula is C56H33BN2O. The lowest BCUT2D eigenvalue weighted by Gasteiger charge is -2.42. The van der Waals surface area contributed by atoms with Gasteiger partial charge >= 0.3 is 0 Å². The van der Waals surface area contributed by atoms with Crippen LogP contribution < -0.4 is 26.4 Å². The number of hydrogen-bond donors (Lipinski definition) is 0. The average molecular weight is 765 g/mol. The lowest BCUT2D eigenvalue weighted by Crippen LogP contribution is -2.60. The first-order valence-corrected chi connectivity index (χ1v) is 20.5. The van der Waals surface area contributed by atoms with Gasteiger partial charge in [0.15, 0.2) is 0 Å². The van der Waals surface area contributed by atoms with Crippen LogP contribution >= 0.6 is 0 Å². The largest absolute Gasteiger partial charge is 0.468 e. The maximum atomic E-state index is 9.71. The molecule has 60 heavy (non-hydrogen) atoms. The van der Waals surface area contributed by atoms with Crippen molar-refractivity contribution in [1.82, 2.24) is 0 Å². The van der Waals surface area contributed by atoms with Crippen molar-refractivity contribution in [3.63, 3.8) is 0 Å². The van der Waals surface area contributed by atoms with E-state index in [9.17, 15) is 2.74 Å². The summed E-state index contributed by atoms with van der Waals surface area (Å²) in [7, 11) is 0. The van der Waals surface area contributed by atoms with Gasteiger partial charge in [0.05, 0.1) is 16.8 Å². The first-order chi connectivity index (χ1) is 31.5. The van der Waals surface area contributed by atoms with Crippen molar-refractivity contribution >= 4 is 133 Å². The normalized spacial score (nSPS) is 14.2. The molecule has 0 amide bonds. The van der Waals surface area contributed by atoms with E-state index in [1.807, 2.05) is 18.2 Å². The van der Waals surface area contributed by atoms with E-state index in [1.54, 1.807) is 0 Å². The van der Waals surface area contributed by atoms with E-state index in [2.05, 4.69) is 168 Å². The third-order valence-electron chi connectivity index (χ3n) is 13.1. The fourth-order valence-corrected chi connectivity index (χ4v) is 10.7. The van der Waals surface area contributed by atoms with Crippen molar-refractivity contribution < 1.29 is 9.90 Å². The molecule has 0 fully saturated rings. The molecule has 11 aromatic carbocycles. The number of anilines is 6. The van der Waals surface area contributed by atoms with E-state index >= 15 is 0 Å². The number of benzene rings is 11. The van der Waals surface area contributed by atoms with E-state index < -0.39 is 6.71 Å². The molecule has 3 heterocycles. The third-order valence-corrected chi connectivity index (χ3v) is 13.1. The smallest absolute Gasteiger partial charge is 0.297 e. The van der Waals surface area contributed by atoms with Crippen LogP contribution in [0.15, 0.2) is 205 Å². The Bertz CT molecular complexity index is 4000. The van der Waals surface area contributed by atoms with Gasteiger partial charge in [-0.1, -0.05) is 146 Å². The van der Waals surface area contributed by atoms with Crippen LogP contribution in [0.25, 0.3) is 75.6 Å². The highest BCUT2D eigenvalue weighted by Crippen LogP contribution is 2.48. The molecule has 0 aliphatic carbocycles. The van der Waals surface area contributed by atoms with Crippen molar-refractivity contribution in [1.29, 1.82) is 0 Å². The molecule has 276 valence electrons. The predicted molar refractivity (Wildman–Crippen MR) is 255 cm³/mol. The van der Waals surface area contributed by atoms with Gasteiger partial charge in [-0.05, 0) is 130 Å². The average Bonchev–Trinajstić information content (AvgIpc) is 3.74. The van der Waals surface area contributed by atoms with Crippen LogP contribution in [0.3, 0.4) is 0 Å². The number of hydrogen-bond acceptors (Lipinski definition) is 3. The quantitative estimate of drug-likeness (QED) is 0.129. The van der Waals surface area contributed by atoms with Gasteiger partial charge in [-0.2, -0.15) is 0 Å². The molecule has 12 aromatic rings. The predicted octanol–water partition coefficient (Wildman–Crippen LogP) is 13.4. The fourth-order valence-electron chi connectivity index (χ4n) is 10.7. The van der Waals surface area contributed by atoms with E-state index in [1.165, 1.54) is 32.3 Å². The van der Waals surface area contributed by atoms with Gasteiger partial charge < -0.3 is 14.2 Å². The minimum absolute atomic E-state index is 0.0763. The third kappa shape index (κ3) is 4.19. The Hall–Kier alpha value is -7.82. The minimum atomic E-state index is -0.632. The summed E-state index contributed by atoms with van der Waals surface area (Å²) in [5, 5.41) is 14.8. The Morgan fingerprint density at radius 1 is 0.383 bits per heavy atom. The van der Waals surface area contributed by atoms with E-state index in [4.69, 9.17) is 7.16 Å². The Morgan fingerprint density at radius 2 is 0.817 bits per heavy atom. The van der Waals surface area contributed by atoms with Crippen molar-refractivity contribution in [3.8, 4) is 0 Å². The van der Waals surface area contributed by atoms with Crippen LogP contribution in [-0.2, 0) is 0 Å². The summed E-state index contributed by atoms with van der Waals surface area (Å²) in [6, 6.07) is 61.1. The first kappa shape index (κ1) is 28.6. The molecule has 0 unspecified atom stereocenters. The van der Waals surface area contributed by atoms with Crippen LogP contribution in [0.1, 0.15) is 5.48 Å². The molecule has 2 aliphatic heterocycles. The first-order valence-electron chi connectivity index (χ1n) is 22.5. The zero-order valence-electron chi connectivity index (χ0n) is 36.1. The molecule has 0 saturated heterocycles. The van der Waals surface area contributed by atoms with Gasteiger partial charge in [0.1, 0.15) is 5.58 Å². The number of furan rings is 1. The van der Waals surface area contributed by atoms with Crippen molar-refractivity contribution in [2.75, 3.05) is 9.80 Å². The summed E-state index contributed by atoms with van der Waals surface area (Å²) in [6.07, 6.45) is 0. The molecule has 0 spiro atoms. The molecule has 0 N–H and O–H groups in total. The van der Waals surface area contributed by atoms with Gasteiger partial charge in [0, 0.05) is 33.8 Å². The molecule has 2 aliphatic rings. The van der Waals surface area contributed by atoms with Gasteiger partial charge in [-0.3, -0.25) is 0 Å². The van der Waals surface area contributed by atoms with Gasteiger partial charge in [0.25, 0.3) is 6.71 Å². The summed E-state index contributed by atoms with van der Waals surface area (Å²) in [5.41, 5.74) is 7.57. The highest BCUT2D eigenvalue weighted by Gasteiger charge is 2.46. The summed E-state index contributed by atoms with van der Waals surface area (Å²) >= 11 is 0. The standard InChI is InChI=1S/C56H33BN2O/c1-3-18-40-36(14-1)38-16-5-7-20-42(38)47-32-34(28-30-44(40)47)58-50-24-11-10-23-49(50)57-54-51(58)25-13-26-52(54)59(55-46-22-9-12-27-53(46)60-56(55)57)35-29-31-45-41-19-4-2-15-37(41)39-17-6-8-21-43(39)48(45)33-35/h1-33H/i10D,11D,23D,24D. The van der Waals surface area contributed by atoms with Crippen LogP contribution in [-0.4, -0.2) is 6.71 Å². The molecular weight excluding hydrogens is 727 g/mol. The Kier molecular flexibility index (Phi) is 5.65. The Morgan fingerprint density at radius 3 is 1.37 bits per heavy atom. The lowest BCUT2D eigenvalue weighted by molar-refractivity contribution is 0.651. The molecule has 0 bridgehead atoms.